The number of anilines is 1. The molecule has 1 aliphatic carbocycles. The number of rotatable bonds is 9. The zero-order valence-corrected chi connectivity index (χ0v) is 19.9. The fraction of sp³-hybridized carbons (Fsp3) is 0.667. The minimum atomic E-state index is -0.808. The number of nitrogens with zero attached hydrogens (tertiary/aromatic N) is 2. The van der Waals surface area contributed by atoms with Gasteiger partial charge < -0.3 is 10.6 Å². The van der Waals surface area contributed by atoms with Crippen molar-refractivity contribution in [3.8, 4) is 0 Å². The second-order valence-corrected chi connectivity index (χ2v) is 10.2. The van der Waals surface area contributed by atoms with Gasteiger partial charge in [-0.15, -0.1) is 0 Å². The molecule has 0 radical (unpaired) electrons. The number of carbonyl (C=O) groups excluding carboxylic acids is 3. The number of carbonyl (C=O) groups is 3. The topological polar surface area (TPSA) is 112 Å². The number of amides is 3. The van der Waals surface area contributed by atoms with Gasteiger partial charge in [-0.2, -0.15) is 0 Å². The molecule has 0 aliphatic heterocycles. The van der Waals surface area contributed by atoms with Crippen molar-refractivity contribution in [2.45, 2.75) is 72.8 Å². The van der Waals surface area contributed by atoms with Crippen molar-refractivity contribution in [1.82, 2.24) is 15.4 Å². The van der Waals surface area contributed by atoms with Gasteiger partial charge in [-0.3, -0.25) is 19.6 Å². The summed E-state index contributed by atoms with van der Waals surface area (Å²) in [5, 5.41) is 16.6. The maximum atomic E-state index is 13.0. The number of pyridine rings is 1. The summed E-state index contributed by atoms with van der Waals surface area (Å²) >= 11 is 0. The van der Waals surface area contributed by atoms with Crippen molar-refractivity contribution >= 4 is 23.5 Å². The summed E-state index contributed by atoms with van der Waals surface area (Å²) in [6.07, 6.45) is 5.29. The minimum absolute atomic E-state index is 0.0535. The zero-order chi connectivity index (χ0) is 23.9. The molecular formula is C24H38N4O4. The Hall–Kier alpha value is -2.48. The highest BCUT2D eigenvalue weighted by molar-refractivity contribution is 5.97. The van der Waals surface area contributed by atoms with E-state index < -0.39 is 23.3 Å². The molecule has 0 saturated heterocycles. The van der Waals surface area contributed by atoms with E-state index in [0.29, 0.717) is 5.82 Å². The van der Waals surface area contributed by atoms with Gasteiger partial charge in [0.05, 0.1) is 12.5 Å². The summed E-state index contributed by atoms with van der Waals surface area (Å²) in [4.78, 5) is 43.0. The van der Waals surface area contributed by atoms with Gasteiger partial charge in [0.2, 0.25) is 17.7 Å². The van der Waals surface area contributed by atoms with Crippen LogP contribution in [0.5, 0.6) is 0 Å². The van der Waals surface area contributed by atoms with E-state index in [-0.39, 0.29) is 36.6 Å². The Kier molecular flexibility index (Phi) is 9.19. The maximum absolute atomic E-state index is 13.0. The Morgan fingerprint density at radius 1 is 1.19 bits per heavy atom. The van der Waals surface area contributed by atoms with Crippen molar-refractivity contribution in [2.75, 3.05) is 11.9 Å². The lowest BCUT2D eigenvalue weighted by Crippen LogP contribution is -2.52. The monoisotopic (exact) mass is 446 g/mol. The van der Waals surface area contributed by atoms with Crippen molar-refractivity contribution in [3.05, 3.63) is 24.4 Å². The number of hydrogen-bond donors (Lipinski definition) is 3. The van der Waals surface area contributed by atoms with Gasteiger partial charge in [-0.05, 0) is 42.2 Å². The van der Waals surface area contributed by atoms with Crippen LogP contribution in [-0.4, -0.2) is 45.6 Å². The van der Waals surface area contributed by atoms with Crippen LogP contribution in [0.3, 0.4) is 0 Å². The Morgan fingerprint density at radius 2 is 1.84 bits per heavy atom. The Balaban J connectivity index is 2.12. The first kappa shape index (κ1) is 25.8. The highest BCUT2D eigenvalue weighted by atomic mass is 16.5. The maximum Gasteiger partial charge on any atom is 0.249 e. The van der Waals surface area contributed by atoms with Gasteiger partial charge >= 0.3 is 0 Å². The normalized spacial score (nSPS) is 16.5. The number of aromatic nitrogens is 1. The van der Waals surface area contributed by atoms with Crippen LogP contribution in [0.2, 0.25) is 0 Å². The second-order valence-electron chi connectivity index (χ2n) is 10.2. The molecular weight excluding hydrogens is 408 g/mol. The Morgan fingerprint density at radius 3 is 2.38 bits per heavy atom. The molecule has 178 valence electrons. The fourth-order valence-corrected chi connectivity index (χ4v) is 4.17. The molecule has 8 nitrogen and oxygen atoms in total. The molecule has 2 rings (SSSR count). The first-order valence-corrected chi connectivity index (χ1v) is 11.5. The summed E-state index contributed by atoms with van der Waals surface area (Å²) < 4.78 is 0. The van der Waals surface area contributed by atoms with Crippen LogP contribution in [0.25, 0.3) is 0 Å². The molecule has 8 heteroatoms. The van der Waals surface area contributed by atoms with E-state index in [1.54, 1.807) is 24.4 Å². The third-order valence-electron chi connectivity index (χ3n) is 5.83. The average molecular weight is 447 g/mol. The van der Waals surface area contributed by atoms with Gasteiger partial charge in [0.25, 0.3) is 0 Å². The van der Waals surface area contributed by atoms with Gasteiger partial charge in [-0.25, -0.2) is 10.0 Å². The molecule has 1 heterocycles. The van der Waals surface area contributed by atoms with E-state index in [1.165, 1.54) is 0 Å². The molecule has 1 unspecified atom stereocenters. The molecule has 1 aliphatic rings. The minimum Gasteiger partial charge on any atom is -0.344 e. The van der Waals surface area contributed by atoms with Crippen LogP contribution in [0.4, 0.5) is 5.82 Å². The Labute approximate surface area is 191 Å². The first-order valence-electron chi connectivity index (χ1n) is 11.5. The third-order valence-corrected chi connectivity index (χ3v) is 5.83. The predicted octanol–water partition coefficient (Wildman–Crippen LogP) is 3.62. The van der Waals surface area contributed by atoms with Crippen molar-refractivity contribution < 1.29 is 19.6 Å². The molecule has 3 amide bonds. The summed E-state index contributed by atoms with van der Waals surface area (Å²) in [5.74, 6) is -1.16. The summed E-state index contributed by atoms with van der Waals surface area (Å²) in [6, 6.07) is 4.39. The lowest BCUT2D eigenvalue weighted by atomic mass is 9.84. The molecule has 1 saturated carbocycles. The number of nitrogens with one attached hydrogen (secondary N) is 2. The molecule has 1 aromatic heterocycles. The van der Waals surface area contributed by atoms with Crippen molar-refractivity contribution in [1.29, 1.82) is 0 Å². The highest BCUT2D eigenvalue weighted by Crippen LogP contribution is 2.34. The van der Waals surface area contributed by atoms with Crippen LogP contribution in [-0.2, 0) is 14.4 Å². The zero-order valence-electron chi connectivity index (χ0n) is 19.9. The standard InChI is InChI=1S/C24H38N4O4/c1-16(2)15-28(32)23(31)18(17-10-6-7-11-17)14-20(29)27-21(24(3,4)5)22(30)26-19-12-8-9-13-25-19/h8-9,12-13,16-18,21,32H,6-7,10-11,14-15H2,1-5H3,(H,27,29)(H,25,26,30)/t18-,21?/m0/s1. The first-order chi connectivity index (χ1) is 15.0. The smallest absolute Gasteiger partial charge is 0.249 e. The summed E-state index contributed by atoms with van der Waals surface area (Å²) in [6.45, 7) is 9.67. The van der Waals surface area contributed by atoms with E-state index in [4.69, 9.17) is 0 Å². The van der Waals surface area contributed by atoms with Crippen molar-refractivity contribution in [3.63, 3.8) is 0 Å². The van der Waals surface area contributed by atoms with Crippen molar-refractivity contribution in [2.24, 2.45) is 23.2 Å². The molecule has 1 aromatic rings. The SMILES string of the molecule is CC(C)CN(O)C(=O)[C@@H](CC(=O)NC(C(=O)Nc1ccccn1)C(C)(C)C)C1CCCC1. The lowest BCUT2D eigenvalue weighted by molar-refractivity contribution is -0.175. The molecule has 0 spiro atoms. The van der Waals surface area contributed by atoms with Crippen LogP contribution in [0.1, 0.15) is 66.7 Å². The molecule has 32 heavy (non-hydrogen) atoms. The molecule has 1 fully saturated rings. The summed E-state index contributed by atoms with van der Waals surface area (Å²) in [5.41, 5.74) is -0.554. The largest absolute Gasteiger partial charge is 0.344 e. The van der Waals surface area contributed by atoms with Crippen LogP contribution >= 0.6 is 0 Å². The van der Waals surface area contributed by atoms with Gasteiger partial charge in [0, 0.05) is 12.6 Å². The van der Waals surface area contributed by atoms with E-state index in [2.05, 4.69) is 15.6 Å². The molecule has 0 bridgehead atoms. The second kappa shape index (κ2) is 11.4. The van der Waals surface area contributed by atoms with Crippen LogP contribution < -0.4 is 10.6 Å². The summed E-state index contributed by atoms with van der Waals surface area (Å²) in [7, 11) is 0. The van der Waals surface area contributed by atoms with Gasteiger partial charge in [-0.1, -0.05) is 53.5 Å². The average Bonchev–Trinajstić information content (AvgIpc) is 3.23. The number of hydrogen-bond acceptors (Lipinski definition) is 5. The predicted molar refractivity (Wildman–Crippen MR) is 123 cm³/mol. The highest BCUT2D eigenvalue weighted by Gasteiger charge is 2.38. The number of hydroxylamine groups is 2. The fourth-order valence-electron chi connectivity index (χ4n) is 4.17. The van der Waals surface area contributed by atoms with Crippen LogP contribution in [0, 0.1) is 23.2 Å². The molecule has 0 aromatic carbocycles. The van der Waals surface area contributed by atoms with E-state index in [9.17, 15) is 19.6 Å². The molecule has 3 N–H and O–H groups in total. The lowest BCUT2D eigenvalue weighted by Gasteiger charge is -2.32. The van der Waals surface area contributed by atoms with Gasteiger partial charge in [0.1, 0.15) is 11.9 Å². The quantitative estimate of drug-likeness (QED) is 0.396. The Bertz CT molecular complexity index is 770. The molecule has 2 atom stereocenters. The van der Waals surface area contributed by atoms with E-state index >= 15 is 0 Å². The van der Waals surface area contributed by atoms with E-state index in [0.717, 1.165) is 30.7 Å². The van der Waals surface area contributed by atoms with Crippen LogP contribution in [0.15, 0.2) is 24.4 Å². The van der Waals surface area contributed by atoms with Gasteiger partial charge in [0.15, 0.2) is 0 Å². The van der Waals surface area contributed by atoms with E-state index in [1.807, 2.05) is 34.6 Å². The third kappa shape index (κ3) is 7.58.